The minimum atomic E-state index is 0.00806. The highest BCUT2D eigenvalue weighted by molar-refractivity contribution is 5.92. The molecule has 2 N–H and O–H groups in total. The van der Waals surface area contributed by atoms with Crippen LogP contribution < -0.4 is 10.6 Å². The van der Waals surface area contributed by atoms with Gasteiger partial charge in [-0.25, -0.2) is 0 Å². The fraction of sp³-hybridized carbons (Fsp3) is 0.300. The van der Waals surface area contributed by atoms with Crippen molar-refractivity contribution in [2.45, 2.75) is 39.0 Å². The maximum Gasteiger partial charge on any atom is 0.224 e. The van der Waals surface area contributed by atoms with E-state index in [9.17, 15) is 9.59 Å². The lowest BCUT2D eigenvalue weighted by atomic mass is 10.1. The van der Waals surface area contributed by atoms with Gasteiger partial charge >= 0.3 is 0 Å². The number of aryl methyl sites for hydroxylation is 1. The lowest BCUT2D eigenvalue weighted by Crippen LogP contribution is -2.12. The number of carbonyl (C=O) groups is 2. The first-order valence-electron chi connectivity index (χ1n) is 8.41. The number of anilines is 2. The number of nitrogens with one attached hydrogen (secondary N) is 2. The highest BCUT2D eigenvalue weighted by Gasteiger charge is 2.04. The molecule has 0 fully saturated rings. The van der Waals surface area contributed by atoms with Crippen LogP contribution in [0.5, 0.6) is 0 Å². The van der Waals surface area contributed by atoms with E-state index < -0.39 is 0 Å². The van der Waals surface area contributed by atoms with Gasteiger partial charge in [0.2, 0.25) is 11.8 Å². The minimum Gasteiger partial charge on any atom is -0.326 e. The molecule has 0 unspecified atom stereocenters. The molecule has 24 heavy (non-hydrogen) atoms. The Morgan fingerprint density at radius 3 is 1.88 bits per heavy atom. The predicted octanol–water partition coefficient (Wildman–Crippen LogP) is 4.39. The molecule has 0 spiro atoms. The second-order valence-corrected chi connectivity index (χ2v) is 5.76. The van der Waals surface area contributed by atoms with E-state index >= 15 is 0 Å². The van der Waals surface area contributed by atoms with Gasteiger partial charge in [0.1, 0.15) is 0 Å². The number of hydrogen-bond acceptors (Lipinski definition) is 2. The molecular weight excluding hydrogens is 300 g/mol. The summed E-state index contributed by atoms with van der Waals surface area (Å²) in [5, 5.41) is 5.71. The molecule has 2 amide bonds. The second-order valence-electron chi connectivity index (χ2n) is 5.76. The van der Waals surface area contributed by atoms with Crippen LogP contribution >= 0.6 is 0 Å². The Morgan fingerprint density at radius 2 is 1.33 bits per heavy atom. The predicted molar refractivity (Wildman–Crippen MR) is 98.0 cm³/mol. The monoisotopic (exact) mass is 324 g/mol. The van der Waals surface area contributed by atoms with Crippen molar-refractivity contribution < 1.29 is 9.59 Å². The summed E-state index contributed by atoms with van der Waals surface area (Å²) in [6.45, 7) is 1.97. The van der Waals surface area contributed by atoms with Gasteiger partial charge in [0.15, 0.2) is 0 Å². The Hall–Kier alpha value is -2.62. The van der Waals surface area contributed by atoms with Gasteiger partial charge in [-0.05, 0) is 49.1 Å². The Balaban J connectivity index is 1.74. The summed E-state index contributed by atoms with van der Waals surface area (Å²) >= 11 is 0. The van der Waals surface area contributed by atoms with E-state index in [4.69, 9.17) is 0 Å². The smallest absolute Gasteiger partial charge is 0.224 e. The van der Waals surface area contributed by atoms with Crippen LogP contribution in [0.15, 0.2) is 54.6 Å². The summed E-state index contributed by atoms with van der Waals surface area (Å²) in [5.41, 5.74) is 2.74. The molecule has 126 valence electrons. The summed E-state index contributed by atoms with van der Waals surface area (Å²) in [6.07, 6.45) is 3.55. The van der Waals surface area contributed by atoms with E-state index in [1.807, 2.05) is 25.1 Å². The molecule has 0 heterocycles. The molecule has 2 aromatic carbocycles. The maximum atomic E-state index is 12.0. The first-order valence-corrected chi connectivity index (χ1v) is 8.41. The highest BCUT2D eigenvalue weighted by atomic mass is 16.2. The van der Waals surface area contributed by atoms with Crippen molar-refractivity contribution in [1.82, 2.24) is 0 Å². The van der Waals surface area contributed by atoms with Crippen LogP contribution in [0.1, 0.15) is 38.2 Å². The Bertz CT molecular complexity index is 651. The summed E-state index contributed by atoms with van der Waals surface area (Å²) in [6, 6.07) is 17.4. The lowest BCUT2D eigenvalue weighted by Gasteiger charge is -2.08. The molecule has 0 bridgehead atoms. The van der Waals surface area contributed by atoms with Gasteiger partial charge in [0.25, 0.3) is 0 Å². The Morgan fingerprint density at radius 1 is 0.792 bits per heavy atom. The fourth-order valence-corrected chi connectivity index (χ4v) is 2.41. The average molecular weight is 324 g/mol. The fourth-order valence-electron chi connectivity index (χ4n) is 2.41. The van der Waals surface area contributed by atoms with Crippen molar-refractivity contribution in [3.63, 3.8) is 0 Å². The van der Waals surface area contributed by atoms with Crippen molar-refractivity contribution in [1.29, 1.82) is 0 Å². The normalized spacial score (nSPS) is 10.2. The molecule has 0 radical (unpaired) electrons. The van der Waals surface area contributed by atoms with Gasteiger partial charge in [-0.15, -0.1) is 0 Å². The van der Waals surface area contributed by atoms with E-state index in [0.717, 1.165) is 30.6 Å². The summed E-state index contributed by atoms with van der Waals surface area (Å²) < 4.78 is 0. The molecule has 0 aromatic heterocycles. The van der Waals surface area contributed by atoms with Crippen LogP contribution in [0.2, 0.25) is 0 Å². The zero-order valence-electron chi connectivity index (χ0n) is 14.0. The van der Waals surface area contributed by atoms with E-state index in [1.165, 1.54) is 5.56 Å². The summed E-state index contributed by atoms with van der Waals surface area (Å²) in [4.78, 5) is 23.5. The standard InChI is InChI=1S/C20H24N2O2/c1-2-7-19(23)21-17-12-14-18(15-13-17)22-20(24)11-6-10-16-8-4-3-5-9-16/h3-5,8-9,12-15H,2,6-7,10-11H2,1H3,(H,21,23)(H,22,24). The van der Waals surface area contributed by atoms with Crippen LogP contribution in [0.4, 0.5) is 11.4 Å². The summed E-state index contributed by atoms with van der Waals surface area (Å²) in [7, 11) is 0. The third-order valence-corrected chi connectivity index (χ3v) is 3.64. The van der Waals surface area contributed by atoms with E-state index in [-0.39, 0.29) is 11.8 Å². The van der Waals surface area contributed by atoms with Crippen molar-refractivity contribution in [2.24, 2.45) is 0 Å². The van der Waals surface area contributed by atoms with Gasteiger partial charge in [-0.1, -0.05) is 37.3 Å². The van der Waals surface area contributed by atoms with Crippen LogP contribution in [0, 0.1) is 0 Å². The molecule has 0 aliphatic rings. The van der Waals surface area contributed by atoms with E-state index in [0.29, 0.717) is 12.8 Å². The number of benzene rings is 2. The Kier molecular flexibility index (Phi) is 7.02. The number of rotatable bonds is 8. The molecular formula is C20H24N2O2. The van der Waals surface area contributed by atoms with Crippen molar-refractivity contribution >= 4 is 23.2 Å². The van der Waals surface area contributed by atoms with Gasteiger partial charge in [0, 0.05) is 24.2 Å². The highest BCUT2D eigenvalue weighted by Crippen LogP contribution is 2.15. The van der Waals surface area contributed by atoms with Crippen molar-refractivity contribution in [3.8, 4) is 0 Å². The van der Waals surface area contributed by atoms with Crippen LogP contribution in [-0.4, -0.2) is 11.8 Å². The van der Waals surface area contributed by atoms with Crippen LogP contribution in [0.25, 0.3) is 0 Å². The number of carbonyl (C=O) groups excluding carboxylic acids is 2. The molecule has 2 rings (SSSR count). The molecule has 4 heteroatoms. The lowest BCUT2D eigenvalue weighted by molar-refractivity contribution is -0.117. The topological polar surface area (TPSA) is 58.2 Å². The van der Waals surface area contributed by atoms with Gasteiger partial charge in [-0.3, -0.25) is 9.59 Å². The van der Waals surface area contributed by atoms with Crippen LogP contribution in [-0.2, 0) is 16.0 Å². The van der Waals surface area contributed by atoms with Gasteiger partial charge in [0.05, 0.1) is 0 Å². The minimum absolute atomic E-state index is 0.00806. The van der Waals surface area contributed by atoms with Gasteiger partial charge < -0.3 is 10.6 Å². The van der Waals surface area contributed by atoms with E-state index in [2.05, 4.69) is 22.8 Å². The maximum absolute atomic E-state index is 12.0. The van der Waals surface area contributed by atoms with Crippen molar-refractivity contribution in [2.75, 3.05) is 10.6 Å². The SMILES string of the molecule is CCCC(=O)Nc1ccc(NC(=O)CCCc2ccccc2)cc1. The first kappa shape index (κ1) is 17.7. The third-order valence-electron chi connectivity index (χ3n) is 3.64. The molecule has 0 aliphatic heterocycles. The molecule has 0 saturated carbocycles. The third kappa shape index (κ3) is 6.24. The van der Waals surface area contributed by atoms with Gasteiger partial charge in [-0.2, -0.15) is 0 Å². The average Bonchev–Trinajstić information content (AvgIpc) is 2.58. The summed E-state index contributed by atoms with van der Waals surface area (Å²) in [5.74, 6) is 0.0175. The van der Waals surface area contributed by atoms with Crippen LogP contribution in [0.3, 0.4) is 0 Å². The zero-order valence-corrected chi connectivity index (χ0v) is 14.0. The van der Waals surface area contributed by atoms with Crippen molar-refractivity contribution in [3.05, 3.63) is 60.2 Å². The number of amides is 2. The second kappa shape index (κ2) is 9.50. The number of hydrogen-bond donors (Lipinski definition) is 2. The molecule has 0 aliphatic carbocycles. The first-order chi connectivity index (χ1) is 11.7. The molecule has 0 saturated heterocycles. The molecule has 4 nitrogen and oxygen atoms in total. The molecule has 0 atom stereocenters. The quantitative estimate of drug-likeness (QED) is 0.757. The zero-order chi connectivity index (χ0) is 17.2. The Labute approximate surface area is 143 Å². The molecule has 2 aromatic rings. The van der Waals surface area contributed by atoms with E-state index in [1.54, 1.807) is 24.3 Å². The largest absolute Gasteiger partial charge is 0.326 e.